The second-order valence-electron chi connectivity index (χ2n) is 5.13. The molecule has 2 heterocycles. The summed E-state index contributed by atoms with van der Waals surface area (Å²) in [6, 6.07) is 5.55. The van der Waals surface area contributed by atoms with E-state index in [-0.39, 0.29) is 0 Å². The first kappa shape index (κ1) is 15.2. The van der Waals surface area contributed by atoms with Gasteiger partial charge in [-0.05, 0) is 31.5 Å². The summed E-state index contributed by atoms with van der Waals surface area (Å²) in [6.07, 6.45) is 1.80. The molecular weight excluding hydrogens is 302 g/mol. The van der Waals surface area contributed by atoms with Gasteiger partial charge in [-0.3, -0.25) is 0 Å². The number of anilines is 1. The predicted octanol–water partition coefficient (Wildman–Crippen LogP) is 3.08. The number of aromatic nitrogens is 2. The van der Waals surface area contributed by atoms with E-state index in [1.807, 2.05) is 29.8 Å². The molecule has 0 spiro atoms. The van der Waals surface area contributed by atoms with Crippen LogP contribution >= 0.6 is 11.6 Å². The van der Waals surface area contributed by atoms with Crippen LogP contribution in [0.2, 0.25) is 5.02 Å². The Morgan fingerprint density at radius 2 is 2.27 bits per heavy atom. The fourth-order valence-corrected chi connectivity index (χ4v) is 2.93. The van der Waals surface area contributed by atoms with Crippen molar-refractivity contribution in [1.82, 2.24) is 9.78 Å². The molecule has 0 radical (unpaired) electrons. The second-order valence-corrected chi connectivity index (χ2v) is 5.56. The molecule has 0 unspecified atom stereocenters. The normalized spacial score (nSPS) is 13.0. The average Bonchev–Trinajstić information content (AvgIpc) is 3.11. The highest BCUT2D eigenvalue weighted by Gasteiger charge is 2.24. The Kier molecular flexibility index (Phi) is 4.55. The van der Waals surface area contributed by atoms with Crippen molar-refractivity contribution in [3.05, 3.63) is 34.5 Å². The summed E-state index contributed by atoms with van der Waals surface area (Å²) >= 11 is 6.15. The van der Waals surface area contributed by atoms with Crippen molar-refractivity contribution in [2.24, 2.45) is 0 Å². The van der Waals surface area contributed by atoms with Gasteiger partial charge >= 0.3 is 0 Å². The van der Waals surface area contributed by atoms with E-state index in [0.717, 1.165) is 48.9 Å². The van der Waals surface area contributed by atoms with Crippen LogP contribution in [0.5, 0.6) is 5.75 Å². The van der Waals surface area contributed by atoms with Gasteiger partial charge in [0.15, 0.2) is 0 Å². The second kappa shape index (κ2) is 6.58. The van der Waals surface area contributed by atoms with Crippen LogP contribution in [0.4, 0.5) is 5.82 Å². The van der Waals surface area contributed by atoms with E-state index in [2.05, 4.69) is 5.32 Å². The molecule has 6 heteroatoms. The monoisotopic (exact) mass is 321 g/mol. The van der Waals surface area contributed by atoms with Crippen molar-refractivity contribution in [2.45, 2.75) is 19.8 Å². The Morgan fingerprint density at radius 1 is 1.41 bits per heavy atom. The van der Waals surface area contributed by atoms with Gasteiger partial charge in [-0.25, -0.2) is 4.68 Å². The Balaban J connectivity index is 2.01. The van der Waals surface area contributed by atoms with E-state index in [9.17, 15) is 0 Å². The van der Waals surface area contributed by atoms with Crippen molar-refractivity contribution in [3.63, 3.8) is 0 Å². The Morgan fingerprint density at radius 3 is 3.05 bits per heavy atom. The van der Waals surface area contributed by atoms with Gasteiger partial charge in [0.05, 0.1) is 19.4 Å². The van der Waals surface area contributed by atoms with Crippen LogP contribution in [-0.2, 0) is 17.6 Å². The summed E-state index contributed by atoms with van der Waals surface area (Å²) in [5.41, 5.74) is 3.19. The van der Waals surface area contributed by atoms with Crippen molar-refractivity contribution in [1.29, 1.82) is 0 Å². The lowest BCUT2D eigenvalue weighted by Crippen LogP contribution is -2.07. The quantitative estimate of drug-likeness (QED) is 0.831. The summed E-state index contributed by atoms with van der Waals surface area (Å²) < 4.78 is 12.8. The maximum absolute atomic E-state index is 6.15. The fourth-order valence-electron chi connectivity index (χ4n) is 2.76. The van der Waals surface area contributed by atoms with Crippen LogP contribution in [0, 0.1) is 0 Å². The van der Waals surface area contributed by atoms with E-state index in [0.29, 0.717) is 11.6 Å². The van der Waals surface area contributed by atoms with Crippen LogP contribution < -0.4 is 10.1 Å². The number of fused-ring (bicyclic) bond motifs is 1. The van der Waals surface area contributed by atoms with Crippen molar-refractivity contribution in [2.75, 3.05) is 32.2 Å². The van der Waals surface area contributed by atoms with E-state index < -0.39 is 0 Å². The summed E-state index contributed by atoms with van der Waals surface area (Å²) in [6.45, 7) is 4.34. The van der Waals surface area contributed by atoms with Crippen LogP contribution in [0.1, 0.15) is 18.2 Å². The highest BCUT2D eigenvalue weighted by molar-refractivity contribution is 6.30. The molecule has 0 amide bonds. The van der Waals surface area contributed by atoms with Crippen LogP contribution in [-0.4, -0.2) is 36.6 Å². The smallest absolute Gasteiger partial charge is 0.144 e. The zero-order chi connectivity index (χ0) is 15.5. The van der Waals surface area contributed by atoms with Gasteiger partial charge in [-0.2, -0.15) is 5.10 Å². The maximum Gasteiger partial charge on any atom is 0.144 e. The summed E-state index contributed by atoms with van der Waals surface area (Å²) in [7, 11) is 1.65. The van der Waals surface area contributed by atoms with Gasteiger partial charge in [0.25, 0.3) is 0 Å². The van der Waals surface area contributed by atoms with Gasteiger partial charge in [0.2, 0.25) is 0 Å². The molecule has 0 aliphatic carbocycles. The molecule has 22 heavy (non-hydrogen) atoms. The molecule has 1 aliphatic rings. The standard InChI is InChI=1S/C16H20ClN3O2/c1-3-22-9-7-13-12-6-8-18-16(12)20(19-13)14-10-11(17)4-5-15(14)21-2/h4-5,10,18H,3,6-9H2,1-2H3. The third kappa shape index (κ3) is 2.78. The number of hydrogen-bond acceptors (Lipinski definition) is 4. The number of benzene rings is 1. The molecule has 5 nitrogen and oxygen atoms in total. The minimum absolute atomic E-state index is 0.661. The number of nitrogens with zero attached hydrogens (tertiary/aromatic N) is 2. The highest BCUT2D eigenvalue weighted by Crippen LogP contribution is 2.33. The van der Waals surface area contributed by atoms with Crippen molar-refractivity contribution < 1.29 is 9.47 Å². The molecule has 0 bridgehead atoms. The number of ether oxygens (including phenoxy) is 2. The SMILES string of the molecule is CCOCCc1nn(-c2cc(Cl)ccc2OC)c2c1CCN2. The van der Waals surface area contributed by atoms with Crippen LogP contribution in [0.15, 0.2) is 18.2 Å². The topological polar surface area (TPSA) is 48.3 Å². The number of rotatable bonds is 6. The molecule has 1 aromatic carbocycles. The molecule has 3 rings (SSSR count). The van der Waals surface area contributed by atoms with Gasteiger partial charge in [0, 0.05) is 30.2 Å². The first-order chi connectivity index (χ1) is 10.7. The lowest BCUT2D eigenvalue weighted by molar-refractivity contribution is 0.150. The maximum atomic E-state index is 6.15. The first-order valence-electron chi connectivity index (χ1n) is 7.51. The van der Waals surface area contributed by atoms with Crippen LogP contribution in [0.25, 0.3) is 5.69 Å². The Labute approximate surface area is 135 Å². The molecule has 0 saturated carbocycles. The molecule has 1 aliphatic heterocycles. The van der Waals surface area contributed by atoms with Crippen LogP contribution in [0.3, 0.4) is 0 Å². The van der Waals surface area contributed by atoms with Gasteiger partial charge in [-0.1, -0.05) is 11.6 Å². The van der Waals surface area contributed by atoms with E-state index in [1.54, 1.807) is 7.11 Å². The van der Waals surface area contributed by atoms with E-state index in [4.69, 9.17) is 26.2 Å². The molecule has 0 saturated heterocycles. The molecule has 1 aromatic heterocycles. The summed E-state index contributed by atoms with van der Waals surface area (Å²) in [5.74, 6) is 1.78. The average molecular weight is 322 g/mol. The van der Waals surface area contributed by atoms with Gasteiger partial charge in [-0.15, -0.1) is 0 Å². The molecular formula is C16H20ClN3O2. The highest BCUT2D eigenvalue weighted by atomic mass is 35.5. The van der Waals surface area contributed by atoms with E-state index >= 15 is 0 Å². The van der Waals surface area contributed by atoms with Gasteiger partial charge < -0.3 is 14.8 Å². The molecule has 0 fully saturated rings. The molecule has 1 N–H and O–H groups in total. The minimum atomic E-state index is 0.661. The van der Waals surface area contributed by atoms with Crippen molar-refractivity contribution in [3.8, 4) is 11.4 Å². The molecule has 118 valence electrons. The predicted molar refractivity (Wildman–Crippen MR) is 87.5 cm³/mol. The largest absolute Gasteiger partial charge is 0.494 e. The fraction of sp³-hybridized carbons (Fsp3) is 0.438. The van der Waals surface area contributed by atoms with Gasteiger partial charge in [0.1, 0.15) is 17.3 Å². The lowest BCUT2D eigenvalue weighted by Gasteiger charge is -2.11. The number of hydrogen-bond donors (Lipinski definition) is 1. The molecule has 0 atom stereocenters. The number of nitrogens with one attached hydrogen (secondary N) is 1. The summed E-state index contributed by atoms with van der Waals surface area (Å²) in [4.78, 5) is 0. The number of methoxy groups -OCH3 is 1. The third-order valence-electron chi connectivity index (χ3n) is 3.79. The molecule has 2 aromatic rings. The lowest BCUT2D eigenvalue weighted by atomic mass is 10.1. The number of halogens is 1. The third-order valence-corrected chi connectivity index (χ3v) is 4.03. The zero-order valence-electron chi connectivity index (χ0n) is 12.9. The Hall–Kier alpha value is -1.72. The van der Waals surface area contributed by atoms with Crippen molar-refractivity contribution >= 4 is 17.4 Å². The van der Waals surface area contributed by atoms with E-state index in [1.165, 1.54) is 5.56 Å². The zero-order valence-corrected chi connectivity index (χ0v) is 13.6. The minimum Gasteiger partial charge on any atom is -0.494 e. The summed E-state index contributed by atoms with van der Waals surface area (Å²) in [5, 5.41) is 8.83. The Bertz CT molecular complexity index is 670. The first-order valence-corrected chi connectivity index (χ1v) is 7.88.